The average molecular weight is 407 g/mol. The Morgan fingerprint density at radius 3 is 2.57 bits per heavy atom. The van der Waals surface area contributed by atoms with Crippen molar-refractivity contribution >= 4 is 17.5 Å². The van der Waals surface area contributed by atoms with E-state index in [4.69, 9.17) is 9.26 Å². The number of ether oxygens (including phenoxy) is 1. The van der Waals surface area contributed by atoms with Gasteiger partial charge < -0.3 is 19.9 Å². The lowest BCUT2D eigenvalue weighted by atomic mass is 10.1. The molecule has 2 N–H and O–H groups in total. The maximum Gasteiger partial charge on any atom is 0.273 e. The fourth-order valence-electron chi connectivity index (χ4n) is 2.67. The van der Waals surface area contributed by atoms with Crippen molar-refractivity contribution in [2.75, 3.05) is 5.32 Å². The zero-order valence-electron chi connectivity index (χ0n) is 17.3. The van der Waals surface area contributed by atoms with Gasteiger partial charge in [0.25, 0.3) is 11.8 Å². The van der Waals surface area contributed by atoms with Crippen molar-refractivity contribution in [3.05, 3.63) is 77.2 Å². The number of amides is 2. The summed E-state index contributed by atoms with van der Waals surface area (Å²) in [5, 5.41) is 9.47. The number of aryl methyl sites for hydroxylation is 1. The smallest absolute Gasteiger partial charge is 0.273 e. The van der Waals surface area contributed by atoms with Crippen LogP contribution in [0, 0.1) is 6.92 Å². The van der Waals surface area contributed by atoms with Gasteiger partial charge in [-0.3, -0.25) is 9.59 Å². The molecule has 0 spiro atoms. The molecule has 3 aromatic rings. The molecule has 7 nitrogen and oxygen atoms in total. The van der Waals surface area contributed by atoms with Gasteiger partial charge in [-0.2, -0.15) is 0 Å². The third kappa shape index (κ3) is 5.70. The first kappa shape index (κ1) is 21.1. The van der Waals surface area contributed by atoms with Gasteiger partial charge in [0.2, 0.25) is 0 Å². The van der Waals surface area contributed by atoms with Crippen LogP contribution < -0.4 is 15.4 Å². The van der Waals surface area contributed by atoms with Crippen LogP contribution in [0.5, 0.6) is 5.75 Å². The molecule has 1 heterocycles. The minimum Gasteiger partial charge on any atom is -0.486 e. The second kappa shape index (κ2) is 9.73. The van der Waals surface area contributed by atoms with Gasteiger partial charge in [-0.1, -0.05) is 29.8 Å². The number of rotatable bonds is 8. The van der Waals surface area contributed by atoms with Crippen LogP contribution in [0.3, 0.4) is 0 Å². The number of carbonyl (C=O) groups is 2. The fraction of sp³-hybridized carbons (Fsp3) is 0.261. The van der Waals surface area contributed by atoms with Crippen molar-refractivity contribution in [1.29, 1.82) is 0 Å². The molecule has 0 aliphatic heterocycles. The first-order chi connectivity index (χ1) is 14.4. The molecule has 0 aliphatic carbocycles. The van der Waals surface area contributed by atoms with Crippen molar-refractivity contribution < 1.29 is 18.8 Å². The molecule has 0 aliphatic rings. The van der Waals surface area contributed by atoms with Crippen LogP contribution in [0.4, 0.5) is 5.69 Å². The highest BCUT2D eigenvalue weighted by Gasteiger charge is 2.14. The zero-order chi connectivity index (χ0) is 21.5. The molecular weight excluding hydrogens is 382 g/mol. The quantitative estimate of drug-likeness (QED) is 0.579. The second-order valence-corrected chi connectivity index (χ2v) is 7.10. The van der Waals surface area contributed by atoms with Crippen LogP contribution in [-0.2, 0) is 6.61 Å². The van der Waals surface area contributed by atoms with E-state index in [0.29, 0.717) is 22.8 Å². The fourth-order valence-corrected chi connectivity index (χ4v) is 2.67. The molecule has 2 amide bonds. The summed E-state index contributed by atoms with van der Waals surface area (Å²) in [4.78, 5) is 24.4. The number of aromatic nitrogens is 1. The Hall–Kier alpha value is -3.61. The van der Waals surface area contributed by atoms with E-state index in [2.05, 4.69) is 15.8 Å². The standard InChI is InChI=1S/C23H25N3O4/c1-4-16(3)24-23(28)21-13-20(30-26-21)14-29-19-10-8-18(9-11-19)25-22(27)17-7-5-6-15(2)12-17/h5-13,16H,4,14H2,1-3H3,(H,24,28)(H,25,27). The summed E-state index contributed by atoms with van der Waals surface area (Å²) in [5.74, 6) is 0.608. The first-order valence-electron chi connectivity index (χ1n) is 9.82. The Morgan fingerprint density at radius 2 is 1.87 bits per heavy atom. The number of nitrogens with zero attached hydrogens (tertiary/aromatic N) is 1. The summed E-state index contributed by atoms with van der Waals surface area (Å²) in [6.45, 7) is 6.00. The van der Waals surface area contributed by atoms with E-state index in [-0.39, 0.29) is 30.2 Å². The summed E-state index contributed by atoms with van der Waals surface area (Å²) in [7, 11) is 0. The lowest BCUT2D eigenvalue weighted by Crippen LogP contribution is -2.32. The van der Waals surface area contributed by atoms with Gasteiger partial charge in [0.1, 0.15) is 12.4 Å². The van der Waals surface area contributed by atoms with Crippen LogP contribution in [0.1, 0.15) is 52.4 Å². The molecule has 1 unspecified atom stereocenters. The summed E-state index contributed by atoms with van der Waals surface area (Å²) < 4.78 is 10.8. The number of hydrogen-bond acceptors (Lipinski definition) is 5. The Balaban J connectivity index is 1.52. The minimum absolute atomic E-state index is 0.0684. The Morgan fingerprint density at radius 1 is 1.10 bits per heavy atom. The molecule has 0 radical (unpaired) electrons. The first-order valence-corrected chi connectivity index (χ1v) is 9.82. The largest absolute Gasteiger partial charge is 0.486 e. The van der Waals surface area contributed by atoms with E-state index >= 15 is 0 Å². The maximum atomic E-state index is 12.3. The Labute approximate surface area is 175 Å². The summed E-state index contributed by atoms with van der Waals surface area (Å²) in [5.41, 5.74) is 2.52. The molecule has 7 heteroatoms. The van der Waals surface area contributed by atoms with Gasteiger partial charge in [-0.05, 0) is 56.7 Å². The lowest BCUT2D eigenvalue weighted by molar-refractivity contribution is 0.0929. The summed E-state index contributed by atoms with van der Waals surface area (Å²) in [6, 6.07) is 16.0. The van der Waals surface area contributed by atoms with Crippen molar-refractivity contribution in [3.8, 4) is 5.75 Å². The van der Waals surface area contributed by atoms with Gasteiger partial charge in [0, 0.05) is 23.4 Å². The van der Waals surface area contributed by atoms with E-state index in [1.807, 2.05) is 39.0 Å². The van der Waals surface area contributed by atoms with Gasteiger partial charge in [-0.15, -0.1) is 0 Å². The van der Waals surface area contributed by atoms with Gasteiger partial charge >= 0.3 is 0 Å². The zero-order valence-corrected chi connectivity index (χ0v) is 17.3. The molecular formula is C23H25N3O4. The molecule has 0 bridgehead atoms. The SMILES string of the molecule is CCC(C)NC(=O)c1cc(COc2ccc(NC(=O)c3cccc(C)c3)cc2)on1. The van der Waals surface area contributed by atoms with E-state index in [1.165, 1.54) is 0 Å². The predicted octanol–water partition coefficient (Wildman–Crippen LogP) is 4.34. The van der Waals surface area contributed by atoms with Gasteiger partial charge in [0.15, 0.2) is 11.5 Å². The van der Waals surface area contributed by atoms with Gasteiger partial charge in [-0.25, -0.2) is 0 Å². The molecule has 2 aromatic carbocycles. The minimum atomic E-state index is -0.270. The molecule has 0 saturated carbocycles. The van der Waals surface area contributed by atoms with Crippen LogP contribution in [-0.4, -0.2) is 23.0 Å². The van der Waals surface area contributed by atoms with E-state index in [0.717, 1.165) is 12.0 Å². The summed E-state index contributed by atoms with van der Waals surface area (Å²) >= 11 is 0. The van der Waals surface area contributed by atoms with Crippen molar-refractivity contribution in [3.63, 3.8) is 0 Å². The normalized spacial score (nSPS) is 11.6. The third-order valence-corrected chi connectivity index (χ3v) is 4.55. The molecule has 0 saturated heterocycles. The van der Waals surface area contributed by atoms with Crippen molar-refractivity contribution in [2.24, 2.45) is 0 Å². The molecule has 0 fully saturated rings. The maximum absolute atomic E-state index is 12.3. The van der Waals surface area contributed by atoms with E-state index in [9.17, 15) is 9.59 Å². The summed E-state index contributed by atoms with van der Waals surface area (Å²) in [6.07, 6.45) is 0.834. The predicted molar refractivity (Wildman–Crippen MR) is 114 cm³/mol. The third-order valence-electron chi connectivity index (χ3n) is 4.55. The molecule has 1 aromatic heterocycles. The highest BCUT2D eigenvalue weighted by Crippen LogP contribution is 2.18. The van der Waals surface area contributed by atoms with Crippen molar-refractivity contribution in [2.45, 2.75) is 39.8 Å². The van der Waals surface area contributed by atoms with Crippen LogP contribution in [0.2, 0.25) is 0 Å². The topological polar surface area (TPSA) is 93.5 Å². The highest BCUT2D eigenvalue weighted by atomic mass is 16.5. The Kier molecular flexibility index (Phi) is 6.85. The lowest BCUT2D eigenvalue weighted by Gasteiger charge is -2.08. The molecule has 30 heavy (non-hydrogen) atoms. The number of anilines is 1. The van der Waals surface area contributed by atoms with E-state index < -0.39 is 0 Å². The van der Waals surface area contributed by atoms with Crippen LogP contribution >= 0.6 is 0 Å². The second-order valence-electron chi connectivity index (χ2n) is 7.10. The highest BCUT2D eigenvalue weighted by molar-refractivity contribution is 6.04. The average Bonchev–Trinajstić information content (AvgIpc) is 3.22. The molecule has 156 valence electrons. The van der Waals surface area contributed by atoms with Gasteiger partial charge in [0.05, 0.1) is 0 Å². The number of hydrogen-bond donors (Lipinski definition) is 2. The molecule has 1 atom stereocenters. The number of benzene rings is 2. The van der Waals surface area contributed by atoms with Crippen molar-refractivity contribution in [1.82, 2.24) is 10.5 Å². The number of carbonyl (C=O) groups excluding carboxylic acids is 2. The van der Waals surface area contributed by atoms with Crippen LogP contribution in [0.25, 0.3) is 0 Å². The molecule has 3 rings (SSSR count). The Bertz CT molecular complexity index is 1010. The number of nitrogens with one attached hydrogen (secondary N) is 2. The van der Waals surface area contributed by atoms with E-state index in [1.54, 1.807) is 36.4 Å². The monoisotopic (exact) mass is 407 g/mol. The van der Waals surface area contributed by atoms with Crippen LogP contribution in [0.15, 0.2) is 59.1 Å².